The van der Waals surface area contributed by atoms with Crippen LogP contribution in [-0.4, -0.2) is 36.9 Å². The number of aromatic nitrogens is 4. The van der Waals surface area contributed by atoms with Gasteiger partial charge in [0.25, 0.3) is 5.56 Å². The van der Waals surface area contributed by atoms with Crippen LogP contribution in [0.15, 0.2) is 70.6 Å². The largest absolute Gasteiger partial charge is 0.308 e. The second kappa shape index (κ2) is 8.08. The lowest BCUT2D eigenvalue weighted by atomic mass is 10.0. The molecule has 0 fully saturated rings. The van der Waals surface area contributed by atoms with Crippen molar-refractivity contribution in [2.45, 2.75) is 31.2 Å². The smallest absolute Gasteiger partial charge is 0.279 e. The second-order valence-electron chi connectivity index (χ2n) is 7.56. The molecule has 30 heavy (non-hydrogen) atoms. The summed E-state index contributed by atoms with van der Waals surface area (Å²) in [5.74, 6) is 0.619. The van der Waals surface area contributed by atoms with Crippen LogP contribution in [0.25, 0.3) is 5.78 Å². The minimum Gasteiger partial charge on any atom is -0.308 e. The number of hydrogen-bond acceptors (Lipinski definition) is 5. The quantitative estimate of drug-likeness (QED) is 0.467. The molecule has 1 aliphatic heterocycles. The highest BCUT2D eigenvalue weighted by Gasteiger charge is 2.26. The van der Waals surface area contributed by atoms with Gasteiger partial charge in [-0.25, -0.2) is 0 Å². The van der Waals surface area contributed by atoms with E-state index in [2.05, 4.69) is 55.9 Å². The molecule has 2 aromatic carbocycles. The summed E-state index contributed by atoms with van der Waals surface area (Å²) in [7, 11) is 0. The first kappa shape index (κ1) is 19.1. The lowest BCUT2D eigenvalue weighted by molar-refractivity contribution is 0.235. The van der Waals surface area contributed by atoms with Crippen molar-refractivity contribution in [3.05, 3.63) is 93.4 Å². The second-order valence-corrected chi connectivity index (χ2v) is 8.33. The van der Waals surface area contributed by atoms with Crippen molar-refractivity contribution in [3.63, 3.8) is 0 Å². The lowest BCUT2D eigenvalue weighted by Crippen LogP contribution is -2.38. The molecule has 0 unspecified atom stereocenters. The van der Waals surface area contributed by atoms with Crippen molar-refractivity contribution in [2.75, 3.05) is 12.8 Å². The van der Waals surface area contributed by atoms with Crippen molar-refractivity contribution >= 4 is 17.5 Å². The van der Waals surface area contributed by atoms with Crippen LogP contribution in [0, 0.1) is 0 Å². The molecular formula is C23H23N5OS. The van der Waals surface area contributed by atoms with Gasteiger partial charge in [-0.05, 0) is 23.8 Å². The van der Waals surface area contributed by atoms with E-state index in [1.807, 2.05) is 30.5 Å². The SMILES string of the molecule is CSc1nc2n(Cc3ccccc3)c3c(c(=O)n2n1)CCN(Cc1ccccc1)C3. The third kappa shape index (κ3) is 3.55. The highest BCUT2D eigenvalue weighted by Crippen LogP contribution is 2.22. The Balaban J connectivity index is 1.60. The maximum Gasteiger partial charge on any atom is 0.279 e. The van der Waals surface area contributed by atoms with Gasteiger partial charge in [0.2, 0.25) is 10.9 Å². The third-order valence-corrected chi connectivity index (χ3v) is 6.14. The van der Waals surface area contributed by atoms with Crippen LogP contribution in [-0.2, 0) is 26.1 Å². The summed E-state index contributed by atoms with van der Waals surface area (Å²) in [6, 6.07) is 20.8. The van der Waals surface area contributed by atoms with Crippen LogP contribution in [0.1, 0.15) is 22.4 Å². The topological polar surface area (TPSA) is 55.4 Å². The normalized spacial score (nSPS) is 14.2. The zero-order chi connectivity index (χ0) is 20.5. The maximum atomic E-state index is 13.2. The van der Waals surface area contributed by atoms with E-state index < -0.39 is 0 Å². The Morgan fingerprint density at radius 3 is 2.30 bits per heavy atom. The van der Waals surface area contributed by atoms with E-state index in [4.69, 9.17) is 0 Å². The van der Waals surface area contributed by atoms with Crippen molar-refractivity contribution in [3.8, 4) is 0 Å². The van der Waals surface area contributed by atoms with E-state index in [9.17, 15) is 4.79 Å². The van der Waals surface area contributed by atoms with Gasteiger partial charge in [0.1, 0.15) is 0 Å². The maximum absolute atomic E-state index is 13.2. The summed E-state index contributed by atoms with van der Waals surface area (Å²) >= 11 is 1.46. The van der Waals surface area contributed by atoms with Crippen LogP contribution < -0.4 is 5.56 Å². The van der Waals surface area contributed by atoms with E-state index in [0.29, 0.717) is 17.5 Å². The molecule has 2 aromatic heterocycles. The molecule has 6 nitrogen and oxygen atoms in total. The number of hydrogen-bond donors (Lipinski definition) is 0. The van der Waals surface area contributed by atoms with Gasteiger partial charge in [0.05, 0.1) is 6.54 Å². The van der Waals surface area contributed by atoms with Crippen LogP contribution in [0.3, 0.4) is 0 Å². The fraction of sp³-hybridized carbons (Fsp3) is 0.261. The number of rotatable bonds is 5. The zero-order valence-electron chi connectivity index (χ0n) is 16.9. The van der Waals surface area contributed by atoms with Gasteiger partial charge in [-0.3, -0.25) is 9.69 Å². The molecule has 0 bridgehead atoms. The van der Waals surface area contributed by atoms with Crippen molar-refractivity contribution in [1.29, 1.82) is 0 Å². The Hall–Kier alpha value is -2.90. The molecule has 0 aliphatic carbocycles. The van der Waals surface area contributed by atoms with Gasteiger partial charge in [-0.15, -0.1) is 5.10 Å². The Bertz CT molecular complexity index is 1230. The Morgan fingerprint density at radius 2 is 1.63 bits per heavy atom. The first-order valence-corrected chi connectivity index (χ1v) is 11.3. The van der Waals surface area contributed by atoms with Gasteiger partial charge < -0.3 is 4.57 Å². The van der Waals surface area contributed by atoms with Crippen molar-refractivity contribution < 1.29 is 0 Å². The zero-order valence-corrected chi connectivity index (χ0v) is 17.7. The summed E-state index contributed by atoms with van der Waals surface area (Å²) in [4.78, 5) is 20.3. The predicted octanol–water partition coefficient (Wildman–Crippen LogP) is 3.22. The lowest BCUT2D eigenvalue weighted by Gasteiger charge is -2.30. The minimum atomic E-state index is -0.0310. The van der Waals surface area contributed by atoms with Crippen molar-refractivity contribution in [2.24, 2.45) is 0 Å². The summed E-state index contributed by atoms with van der Waals surface area (Å²) in [5.41, 5.74) is 4.35. The molecule has 5 rings (SSSR count). The van der Waals surface area contributed by atoms with E-state index in [-0.39, 0.29) is 5.56 Å². The van der Waals surface area contributed by atoms with Gasteiger partial charge in [-0.2, -0.15) is 9.50 Å². The molecule has 0 atom stereocenters. The van der Waals surface area contributed by atoms with E-state index in [1.165, 1.54) is 27.4 Å². The number of benzene rings is 2. The molecule has 3 heterocycles. The fourth-order valence-electron chi connectivity index (χ4n) is 4.12. The molecule has 0 spiro atoms. The number of thioether (sulfide) groups is 1. The number of fused-ring (bicyclic) bond motifs is 2. The highest BCUT2D eigenvalue weighted by molar-refractivity contribution is 7.98. The van der Waals surface area contributed by atoms with Crippen LogP contribution in [0.2, 0.25) is 0 Å². The van der Waals surface area contributed by atoms with Crippen LogP contribution >= 0.6 is 11.8 Å². The molecule has 0 saturated heterocycles. The summed E-state index contributed by atoms with van der Waals surface area (Å²) in [6.07, 6.45) is 2.66. The van der Waals surface area contributed by atoms with Gasteiger partial charge in [0, 0.05) is 30.9 Å². The molecule has 7 heteroatoms. The van der Waals surface area contributed by atoms with Gasteiger partial charge >= 0.3 is 0 Å². The Labute approximate surface area is 179 Å². The first-order chi connectivity index (χ1) is 14.7. The molecule has 0 amide bonds. The molecule has 152 valence electrons. The summed E-state index contributed by atoms with van der Waals surface area (Å²) in [5, 5.41) is 5.07. The molecule has 4 aromatic rings. The highest BCUT2D eigenvalue weighted by atomic mass is 32.2. The fourth-order valence-corrected chi connectivity index (χ4v) is 4.46. The molecule has 0 radical (unpaired) electrons. The van der Waals surface area contributed by atoms with E-state index in [1.54, 1.807) is 0 Å². The third-order valence-electron chi connectivity index (χ3n) is 5.60. The molecule has 0 saturated carbocycles. The standard InChI is InChI=1S/C23H23N5OS/c1-30-22-24-23-27(15-18-10-6-3-7-11-18)20-16-26(14-17-8-4-2-5-9-17)13-12-19(20)21(29)28(23)25-22/h2-11H,12-16H2,1H3. The molecular weight excluding hydrogens is 394 g/mol. The van der Waals surface area contributed by atoms with Crippen LogP contribution in [0.4, 0.5) is 0 Å². The first-order valence-electron chi connectivity index (χ1n) is 10.1. The molecule has 1 aliphatic rings. The number of nitrogens with zero attached hydrogens (tertiary/aromatic N) is 5. The van der Waals surface area contributed by atoms with Crippen LogP contribution in [0.5, 0.6) is 0 Å². The monoisotopic (exact) mass is 417 g/mol. The summed E-state index contributed by atoms with van der Waals surface area (Å²) < 4.78 is 3.66. The van der Waals surface area contributed by atoms with E-state index >= 15 is 0 Å². The Morgan fingerprint density at radius 1 is 0.967 bits per heavy atom. The van der Waals surface area contributed by atoms with Gasteiger partial charge in [-0.1, -0.05) is 72.4 Å². The van der Waals surface area contributed by atoms with Crippen molar-refractivity contribution in [1.82, 2.24) is 24.1 Å². The van der Waals surface area contributed by atoms with Gasteiger partial charge in [0.15, 0.2) is 0 Å². The summed E-state index contributed by atoms with van der Waals surface area (Å²) in [6.45, 7) is 3.12. The molecule has 0 N–H and O–H groups in total. The van der Waals surface area contributed by atoms with E-state index in [0.717, 1.165) is 37.3 Å². The Kier molecular flexibility index (Phi) is 5.14. The average Bonchev–Trinajstić information content (AvgIpc) is 3.23. The minimum absolute atomic E-state index is 0.0310. The average molecular weight is 418 g/mol. The predicted molar refractivity (Wildman–Crippen MR) is 119 cm³/mol.